The summed E-state index contributed by atoms with van der Waals surface area (Å²) in [7, 11) is 1.37. The van der Waals surface area contributed by atoms with E-state index in [-0.39, 0.29) is 12.5 Å². The van der Waals surface area contributed by atoms with E-state index in [1.807, 2.05) is 0 Å². The first-order chi connectivity index (χ1) is 11.3. The number of rotatable bonds is 5. The lowest BCUT2D eigenvalue weighted by Gasteiger charge is -2.46. The van der Waals surface area contributed by atoms with Crippen molar-refractivity contribution >= 4 is 0 Å². The van der Waals surface area contributed by atoms with Gasteiger partial charge in [0.1, 0.15) is 18.3 Å². The minimum Gasteiger partial charge on any atom is -0.394 e. The van der Waals surface area contributed by atoms with E-state index in [4.69, 9.17) is 30.4 Å². The van der Waals surface area contributed by atoms with E-state index in [1.54, 1.807) is 6.92 Å². The summed E-state index contributed by atoms with van der Waals surface area (Å²) >= 11 is 0. The fourth-order valence-electron chi connectivity index (χ4n) is 3.07. The number of methoxy groups -OCH3 is 1. The standard InChI is InChI=1S/C14H28N2O8/c1-5-6(3-17)22-14(8(15)10(5)19)24-12-7(4-18)23-13(21-2)9(16)11(12)20/h5-14,17-20H,3-4,15-16H2,1-2H3. The van der Waals surface area contributed by atoms with Crippen molar-refractivity contribution in [3.63, 3.8) is 0 Å². The van der Waals surface area contributed by atoms with Crippen LogP contribution in [-0.4, -0.2) is 95.9 Å². The van der Waals surface area contributed by atoms with Gasteiger partial charge in [0, 0.05) is 13.0 Å². The highest BCUT2D eigenvalue weighted by Gasteiger charge is 2.48. The Bertz CT molecular complexity index is 399. The zero-order chi connectivity index (χ0) is 18.0. The zero-order valence-electron chi connectivity index (χ0n) is 13.8. The van der Waals surface area contributed by atoms with Gasteiger partial charge < -0.3 is 50.8 Å². The summed E-state index contributed by atoms with van der Waals surface area (Å²) < 4.78 is 21.8. The monoisotopic (exact) mass is 352 g/mol. The minimum absolute atomic E-state index is 0.316. The van der Waals surface area contributed by atoms with Gasteiger partial charge >= 0.3 is 0 Å². The van der Waals surface area contributed by atoms with Crippen molar-refractivity contribution in [1.29, 1.82) is 0 Å². The highest BCUT2D eigenvalue weighted by atomic mass is 16.7. The molecule has 142 valence electrons. The molecular formula is C14H28N2O8. The summed E-state index contributed by atoms with van der Waals surface area (Å²) in [6.45, 7) is 0.942. The number of hydrogen-bond donors (Lipinski definition) is 6. The number of aliphatic hydroxyl groups is 4. The molecule has 2 fully saturated rings. The summed E-state index contributed by atoms with van der Waals surface area (Å²) in [5.74, 6) is -0.383. The fourth-order valence-corrected chi connectivity index (χ4v) is 3.07. The normalized spacial score (nSPS) is 50.0. The molecule has 0 saturated carbocycles. The van der Waals surface area contributed by atoms with Gasteiger partial charge in [0.15, 0.2) is 12.6 Å². The SMILES string of the molecule is COC1OC(CO)C(OC2OC(CO)C(C)C(O)C2N)C(O)C1N. The van der Waals surface area contributed by atoms with Crippen molar-refractivity contribution < 1.29 is 39.4 Å². The number of aliphatic hydroxyl groups excluding tert-OH is 4. The Morgan fingerprint density at radius 1 is 0.917 bits per heavy atom. The van der Waals surface area contributed by atoms with Crippen LogP contribution >= 0.6 is 0 Å². The smallest absolute Gasteiger partial charge is 0.176 e. The second-order valence-corrected chi connectivity index (χ2v) is 6.28. The van der Waals surface area contributed by atoms with Gasteiger partial charge in [-0.25, -0.2) is 0 Å². The number of hydrogen-bond acceptors (Lipinski definition) is 10. The van der Waals surface area contributed by atoms with E-state index in [1.165, 1.54) is 7.11 Å². The highest BCUT2D eigenvalue weighted by molar-refractivity contribution is 4.95. The first-order valence-electron chi connectivity index (χ1n) is 7.93. The lowest BCUT2D eigenvalue weighted by molar-refractivity contribution is -0.321. The average molecular weight is 352 g/mol. The molecule has 2 aliphatic rings. The van der Waals surface area contributed by atoms with E-state index in [0.717, 1.165) is 0 Å². The first kappa shape index (κ1) is 19.9. The van der Waals surface area contributed by atoms with E-state index < -0.39 is 61.8 Å². The molecule has 8 N–H and O–H groups in total. The predicted octanol–water partition coefficient (Wildman–Crippen LogP) is -3.54. The topological polar surface area (TPSA) is 170 Å². The Morgan fingerprint density at radius 3 is 2.00 bits per heavy atom. The molecule has 0 spiro atoms. The molecule has 0 aliphatic carbocycles. The van der Waals surface area contributed by atoms with Crippen molar-refractivity contribution in [3.8, 4) is 0 Å². The van der Waals surface area contributed by atoms with Gasteiger partial charge in [0.2, 0.25) is 0 Å². The van der Waals surface area contributed by atoms with Gasteiger partial charge in [-0.1, -0.05) is 6.92 Å². The molecule has 0 amide bonds. The van der Waals surface area contributed by atoms with Gasteiger partial charge in [-0.05, 0) is 0 Å². The van der Waals surface area contributed by atoms with E-state index >= 15 is 0 Å². The Labute approximate surface area is 140 Å². The van der Waals surface area contributed by atoms with Crippen LogP contribution in [0.1, 0.15) is 6.92 Å². The first-order valence-corrected chi connectivity index (χ1v) is 7.93. The fraction of sp³-hybridized carbons (Fsp3) is 1.00. The maximum absolute atomic E-state index is 10.4. The predicted molar refractivity (Wildman–Crippen MR) is 80.5 cm³/mol. The van der Waals surface area contributed by atoms with Crippen LogP contribution in [-0.2, 0) is 18.9 Å². The van der Waals surface area contributed by atoms with Crippen molar-refractivity contribution in [1.82, 2.24) is 0 Å². The van der Waals surface area contributed by atoms with Gasteiger partial charge in [-0.15, -0.1) is 0 Å². The van der Waals surface area contributed by atoms with Crippen molar-refractivity contribution in [2.75, 3.05) is 20.3 Å². The van der Waals surface area contributed by atoms with E-state index in [9.17, 15) is 20.4 Å². The third kappa shape index (κ3) is 3.73. The molecule has 10 heteroatoms. The Hall–Kier alpha value is -0.400. The molecule has 2 saturated heterocycles. The second-order valence-electron chi connectivity index (χ2n) is 6.28. The van der Waals surface area contributed by atoms with E-state index in [0.29, 0.717) is 0 Å². The van der Waals surface area contributed by atoms with Gasteiger partial charge in [0.05, 0.1) is 37.5 Å². The Kier molecular flexibility index (Phi) is 6.90. The summed E-state index contributed by atoms with van der Waals surface area (Å²) in [6.07, 6.45) is -6.78. The molecule has 0 aromatic carbocycles. The van der Waals surface area contributed by atoms with Crippen molar-refractivity contribution in [2.24, 2.45) is 17.4 Å². The van der Waals surface area contributed by atoms with Crippen LogP contribution in [0.15, 0.2) is 0 Å². The highest BCUT2D eigenvalue weighted by Crippen LogP contribution is 2.29. The van der Waals surface area contributed by atoms with Crippen LogP contribution in [0.4, 0.5) is 0 Å². The molecule has 0 aromatic heterocycles. The molecule has 0 radical (unpaired) electrons. The van der Waals surface area contributed by atoms with Crippen LogP contribution in [0, 0.1) is 5.92 Å². The summed E-state index contributed by atoms with van der Waals surface area (Å²) in [4.78, 5) is 0. The number of ether oxygens (including phenoxy) is 4. The average Bonchev–Trinajstić information content (AvgIpc) is 2.59. The minimum atomic E-state index is -1.21. The van der Waals surface area contributed by atoms with Crippen molar-refractivity contribution in [3.05, 3.63) is 0 Å². The Morgan fingerprint density at radius 2 is 1.46 bits per heavy atom. The molecule has 2 aliphatic heterocycles. The summed E-state index contributed by atoms with van der Waals surface area (Å²) in [5, 5.41) is 39.4. The lowest BCUT2D eigenvalue weighted by Crippen LogP contribution is -2.66. The zero-order valence-corrected chi connectivity index (χ0v) is 13.8. The van der Waals surface area contributed by atoms with E-state index in [2.05, 4.69) is 0 Å². The second kappa shape index (κ2) is 8.32. The molecule has 24 heavy (non-hydrogen) atoms. The largest absolute Gasteiger partial charge is 0.394 e. The van der Waals surface area contributed by atoms with Crippen LogP contribution in [0.2, 0.25) is 0 Å². The summed E-state index contributed by atoms with van der Waals surface area (Å²) in [5.41, 5.74) is 11.8. The quantitative estimate of drug-likeness (QED) is 0.291. The molecule has 2 heterocycles. The van der Waals surface area contributed by atoms with Crippen LogP contribution in [0.5, 0.6) is 0 Å². The number of nitrogens with two attached hydrogens (primary N) is 2. The van der Waals surface area contributed by atoms with Gasteiger partial charge in [0.25, 0.3) is 0 Å². The molecule has 10 atom stereocenters. The molecule has 10 nitrogen and oxygen atoms in total. The van der Waals surface area contributed by atoms with Crippen LogP contribution < -0.4 is 11.5 Å². The van der Waals surface area contributed by atoms with Crippen LogP contribution in [0.3, 0.4) is 0 Å². The molecule has 2 rings (SSSR count). The Balaban J connectivity index is 2.12. The molecule has 10 unspecified atom stereocenters. The third-order valence-electron chi connectivity index (χ3n) is 4.75. The van der Waals surface area contributed by atoms with Crippen LogP contribution in [0.25, 0.3) is 0 Å². The third-order valence-corrected chi connectivity index (χ3v) is 4.75. The lowest BCUT2D eigenvalue weighted by atomic mass is 9.89. The molecule has 0 bridgehead atoms. The summed E-state index contributed by atoms with van der Waals surface area (Å²) in [6, 6.07) is -1.80. The van der Waals surface area contributed by atoms with Gasteiger partial charge in [-0.3, -0.25) is 0 Å². The maximum atomic E-state index is 10.4. The van der Waals surface area contributed by atoms with Crippen molar-refractivity contribution in [2.45, 2.75) is 62.1 Å². The molecule has 0 aromatic rings. The van der Waals surface area contributed by atoms with Gasteiger partial charge in [-0.2, -0.15) is 0 Å². The molecular weight excluding hydrogens is 324 g/mol. The maximum Gasteiger partial charge on any atom is 0.176 e.